The van der Waals surface area contributed by atoms with Gasteiger partial charge in [0.25, 0.3) is 0 Å². The van der Waals surface area contributed by atoms with Crippen molar-refractivity contribution in [2.24, 2.45) is 10.7 Å². The molecule has 0 bridgehead atoms. The Hall–Kier alpha value is -1.39. The van der Waals surface area contributed by atoms with Gasteiger partial charge in [0.05, 0.1) is 6.04 Å². The van der Waals surface area contributed by atoms with Gasteiger partial charge in [-0.05, 0) is 12.8 Å². The average molecular weight is 151 g/mol. The zero-order valence-electron chi connectivity index (χ0n) is 5.99. The van der Waals surface area contributed by atoms with E-state index >= 15 is 0 Å². The van der Waals surface area contributed by atoms with E-state index in [0.29, 0.717) is 17.7 Å². The number of H-pyrrole nitrogens is 1. The van der Waals surface area contributed by atoms with Crippen molar-refractivity contribution in [2.45, 2.75) is 18.9 Å². The van der Waals surface area contributed by atoms with E-state index in [1.807, 2.05) is 0 Å². The summed E-state index contributed by atoms with van der Waals surface area (Å²) in [6.07, 6.45) is 3.72. The molecule has 2 rings (SSSR count). The van der Waals surface area contributed by atoms with E-state index in [2.05, 4.69) is 20.2 Å². The zero-order valence-corrected chi connectivity index (χ0v) is 5.99. The van der Waals surface area contributed by atoms with Crippen LogP contribution in [0.25, 0.3) is 0 Å². The molecule has 0 saturated heterocycles. The molecule has 11 heavy (non-hydrogen) atoms. The molecule has 1 fully saturated rings. The van der Waals surface area contributed by atoms with Crippen molar-refractivity contribution in [3.8, 4) is 0 Å². The Kier molecular flexibility index (Phi) is 1.34. The Morgan fingerprint density at radius 1 is 1.73 bits per heavy atom. The highest BCUT2D eigenvalue weighted by molar-refractivity contribution is 5.93. The minimum Gasteiger partial charge on any atom is -0.381 e. The minimum atomic E-state index is 0.431. The van der Waals surface area contributed by atoms with Crippen LogP contribution in [0, 0.1) is 0 Å². The molecule has 1 aliphatic carbocycles. The van der Waals surface area contributed by atoms with Gasteiger partial charge in [-0.1, -0.05) is 0 Å². The molecule has 0 aliphatic heterocycles. The lowest BCUT2D eigenvalue weighted by Crippen LogP contribution is -2.16. The lowest BCUT2D eigenvalue weighted by Gasteiger charge is -1.91. The Bertz CT molecular complexity index is 259. The van der Waals surface area contributed by atoms with Gasteiger partial charge in [0.2, 0.25) is 0 Å². The van der Waals surface area contributed by atoms with Gasteiger partial charge in [-0.25, -0.2) is 4.98 Å². The molecule has 5 heteroatoms. The maximum absolute atomic E-state index is 5.60. The van der Waals surface area contributed by atoms with Crippen LogP contribution in [0.5, 0.6) is 0 Å². The first-order chi connectivity index (χ1) is 5.36. The Balaban J connectivity index is 2.15. The molecule has 0 spiro atoms. The number of nitrogens with one attached hydrogen (secondary N) is 1. The second-order valence-corrected chi connectivity index (χ2v) is 2.58. The Morgan fingerprint density at radius 3 is 3.09 bits per heavy atom. The molecule has 0 aromatic carbocycles. The van der Waals surface area contributed by atoms with E-state index in [-0.39, 0.29) is 0 Å². The van der Waals surface area contributed by atoms with Crippen LogP contribution < -0.4 is 5.73 Å². The number of nitrogens with zero attached hydrogens (tertiary/aromatic N) is 3. The number of aromatic amines is 1. The second-order valence-electron chi connectivity index (χ2n) is 2.58. The summed E-state index contributed by atoms with van der Waals surface area (Å²) in [5.41, 5.74) is 5.60. The topological polar surface area (TPSA) is 79.9 Å². The van der Waals surface area contributed by atoms with Crippen LogP contribution in [0.1, 0.15) is 18.7 Å². The number of hydrogen-bond donors (Lipinski definition) is 2. The van der Waals surface area contributed by atoms with Crippen molar-refractivity contribution < 1.29 is 0 Å². The average Bonchev–Trinajstić information content (AvgIpc) is 2.67. The molecule has 5 nitrogen and oxygen atoms in total. The highest BCUT2D eigenvalue weighted by Crippen LogP contribution is 2.23. The van der Waals surface area contributed by atoms with Crippen molar-refractivity contribution in [1.82, 2.24) is 15.2 Å². The fourth-order valence-corrected chi connectivity index (χ4v) is 0.790. The molecular formula is C6H9N5. The van der Waals surface area contributed by atoms with Crippen molar-refractivity contribution >= 4 is 5.84 Å². The van der Waals surface area contributed by atoms with E-state index in [1.54, 1.807) is 0 Å². The molecular weight excluding hydrogens is 142 g/mol. The molecule has 58 valence electrons. The van der Waals surface area contributed by atoms with Crippen molar-refractivity contribution in [2.75, 3.05) is 0 Å². The van der Waals surface area contributed by atoms with Gasteiger partial charge in [-0.15, -0.1) is 0 Å². The van der Waals surface area contributed by atoms with Gasteiger partial charge in [0.15, 0.2) is 11.7 Å². The highest BCUT2D eigenvalue weighted by atomic mass is 15.2. The fraction of sp³-hybridized carbons (Fsp3) is 0.500. The Morgan fingerprint density at radius 2 is 2.55 bits per heavy atom. The molecule has 0 radical (unpaired) electrons. The fourth-order valence-electron chi connectivity index (χ4n) is 0.790. The maximum atomic E-state index is 5.60. The van der Waals surface area contributed by atoms with E-state index in [1.165, 1.54) is 6.33 Å². The quantitative estimate of drug-likeness (QED) is 0.448. The normalized spacial score (nSPS) is 18.7. The van der Waals surface area contributed by atoms with E-state index in [0.717, 1.165) is 12.8 Å². The van der Waals surface area contributed by atoms with Crippen LogP contribution in [0.4, 0.5) is 0 Å². The smallest absolute Gasteiger partial charge is 0.190 e. The number of nitrogens with two attached hydrogens (primary N) is 1. The van der Waals surface area contributed by atoms with Crippen LogP contribution in [-0.2, 0) is 0 Å². The summed E-state index contributed by atoms with van der Waals surface area (Å²) in [5, 5.41) is 6.33. The number of rotatable bonds is 2. The standard InChI is InChI=1S/C6H9N5/c7-5(10-4-1-2-4)6-8-3-9-11-6/h3-4H,1-2H2,(H2,7,10)(H,8,9,11). The first-order valence-electron chi connectivity index (χ1n) is 3.55. The lowest BCUT2D eigenvalue weighted by atomic mass is 10.5. The molecule has 0 unspecified atom stereocenters. The van der Waals surface area contributed by atoms with Crippen LogP contribution in [0.15, 0.2) is 11.3 Å². The van der Waals surface area contributed by atoms with E-state index in [9.17, 15) is 0 Å². The highest BCUT2D eigenvalue weighted by Gasteiger charge is 2.21. The molecule has 3 N–H and O–H groups in total. The zero-order chi connectivity index (χ0) is 7.68. The lowest BCUT2D eigenvalue weighted by molar-refractivity contribution is 1.03. The molecule has 1 aromatic heterocycles. The Labute approximate surface area is 63.7 Å². The SMILES string of the molecule is NC(=NC1CC1)c1ncn[nH]1. The third kappa shape index (κ3) is 1.36. The molecule has 1 saturated carbocycles. The maximum Gasteiger partial charge on any atom is 0.190 e. The second kappa shape index (κ2) is 2.34. The van der Waals surface area contributed by atoms with Crippen molar-refractivity contribution in [3.63, 3.8) is 0 Å². The van der Waals surface area contributed by atoms with Crippen LogP contribution in [0.3, 0.4) is 0 Å². The predicted octanol–water partition coefficient (Wildman–Crippen LogP) is -0.328. The first-order valence-corrected chi connectivity index (χ1v) is 3.55. The van der Waals surface area contributed by atoms with Gasteiger partial charge in [0.1, 0.15) is 6.33 Å². The van der Waals surface area contributed by atoms with Gasteiger partial charge in [-0.3, -0.25) is 10.1 Å². The largest absolute Gasteiger partial charge is 0.381 e. The van der Waals surface area contributed by atoms with Gasteiger partial charge < -0.3 is 5.73 Å². The summed E-state index contributed by atoms with van der Waals surface area (Å²) in [5.74, 6) is 1.03. The van der Waals surface area contributed by atoms with E-state index in [4.69, 9.17) is 5.73 Å². The van der Waals surface area contributed by atoms with Crippen LogP contribution in [-0.4, -0.2) is 27.1 Å². The van der Waals surface area contributed by atoms with Crippen molar-refractivity contribution in [1.29, 1.82) is 0 Å². The molecule has 1 heterocycles. The first kappa shape index (κ1) is 6.33. The number of amidine groups is 1. The van der Waals surface area contributed by atoms with E-state index < -0.39 is 0 Å². The van der Waals surface area contributed by atoms with Gasteiger partial charge in [0, 0.05) is 0 Å². The van der Waals surface area contributed by atoms with Gasteiger partial charge >= 0.3 is 0 Å². The molecule has 0 amide bonds. The molecule has 1 aromatic rings. The number of hydrogen-bond acceptors (Lipinski definition) is 3. The van der Waals surface area contributed by atoms with Gasteiger partial charge in [-0.2, -0.15) is 5.10 Å². The summed E-state index contributed by atoms with van der Waals surface area (Å²) in [6.45, 7) is 0. The third-order valence-electron chi connectivity index (χ3n) is 1.53. The molecule has 0 atom stereocenters. The predicted molar refractivity (Wildman–Crippen MR) is 40.1 cm³/mol. The van der Waals surface area contributed by atoms with Crippen LogP contribution in [0.2, 0.25) is 0 Å². The summed E-state index contributed by atoms with van der Waals surface area (Å²) >= 11 is 0. The monoisotopic (exact) mass is 151 g/mol. The van der Waals surface area contributed by atoms with Crippen LogP contribution >= 0.6 is 0 Å². The van der Waals surface area contributed by atoms with Crippen molar-refractivity contribution in [3.05, 3.63) is 12.2 Å². The summed E-state index contributed by atoms with van der Waals surface area (Å²) < 4.78 is 0. The minimum absolute atomic E-state index is 0.431. The summed E-state index contributed by atoms with van der Waals surface area (Å²) in [4.78, 5) is 8.07. The number of aliphatic imine (C=N–C) groups is 1. The molecule has 1 aliphatic rings. The third-order valence-corrected chi connectivity index (χ3v) is 1.53. The number of aromatic nitrogens is 3. The summed E-state index contributed by atoms with van der Waals surface area (Å²) in [6, 6.07) is 0.431. The summed E-state index contributed by atoms with van der Waals surface area (Å²) in [7, 11) is 0.